The van der Waals surface area contributed by atoms with E-state index < -0.39 is 0 Å². The van der Waals surface area contributed by atoms with Gasteiger partial charge < -0.3 is 10.6 Å². The standard InChI is InChI=1S/C26H37N3O/c1-25(2)16-21(17-26(3,4)28-25)27-24(30)14-15-29(22-12-13-22)18-20-10-7-9-19-8-5-6-11-23(19)20/h5-11,21-22,28H,12-18H2,1-4H3,(H,27,30). The molecule has 2 aromatic carbocycles. The molecule has 1 saturated carbocycles. The molecule has 1 aliphatic heterocycles. The fourth-order valence-corrected chi connectivity index (χ4v) is 5.45. The molecule has 2 aromatic rings. The first-order valence-corrected chi connectivity index (χ1v) is 11.5. The Labute approximate surface area is 181 Å². The van der Waals surface area contributed by atoms with E-state index in [0.29, 0.717) is 12.5 Å². The van der Waals surface area contributed by atoms with Crippen molar-refractivity contribution in [3.8, 4) is 0 Å². The number of piperidine rings is 1. The summed E-state index contributed by atoms with van der Waals surface area (Å²) in [7, 11) is 0. The van der Waals surface area contributed by atoms with Gasteiger partial charge in [-0.2, -0.15) is 0 Å². The van der Waals surface area contributed by atoms with Gasteiger partial charge in [-0.05, 0) is 69.7 Å². The summed E-state index contributed by atoms with van der Waals surface area (Å²) in [5.74, 6) is 0.192. The minimum absolute atomic E-state index is 0.0497. The lowest BCUT2D eigenvalue weighted by atomic mass is 9.79. The van der Waals surface area contributed by atoms with Crippen LogP contribution >= 0.6 is 0 Å². The van der Waals surface area contributed by atoms with Crippen LogP contribution in [0.4, 0.5) is 0 Å². The van der Waals surface area contributed by atoms with Crippen LogP contribution < -0.4 is 10.6 Å². The van der Waals surface area contributed by atoms with E-state index in [1.165, 1.54) is 29.2 Å². The molecule has 4 heteroatoms. The van der Waals surface area contributed by atoms with E-state index in [2.05, 4.69) is 85.7 Å². The first-order chi connectivity index (χ1) is 14.2. The van der Waals surface area contributed by atoms with Crippen molar-refractivity contribution in [2.45, 2.75) is 89.5 Å². The Morgan fingerprint density at radius 2 is 1.70 bits per heavy atom. The molecule has 1 saturated heterocycles. The maximum absolute atomic E-state index is 12.8. The Morgan fingerprint density at radius 3 is 2.40 bits per heavy atom. The van der Waals surface area contributed by atoms with Crippen LogP contribution in [0.15, 0.2) is 42.5 Å². The molecule has 4 nitrogen and oxygen atoms in total. The second-order valence-corrected chi connectivity index (χ2v) is 10.7. The SMILES string of the molecule is CC1(C)CC(NC(=O)CCN(Cc2cccc3ccccc23)C2CC2)CC(C)(C)N1. The Morgan fingerprint density at radius 1 is 1.03 bits per heavy atom. The largest absolute Gasteiger partial charge is 0.353 e. The molecule has 0 bridgehead atoms. The Bertz CT molecular complexity index is 879. The highest BCUT2D eigenvalue weighted by Gasteiger charge is 2.38. The number of hydrogen-bond donors (Lipinski definition) is 2. The van der Waals surface area contributed by atoms with Crippen LogP contribution in [-0.4, -0.2) is 40.5 Å². The smallest absolute Gasteiger partial charge is 0.221 e. The van der Waals surface area contributed by atoms with Crippen LogP contribution in [0, 0.1) is 0 Å². The van der Waals surface area contributed by atoms with Gasteiger partial charge in [0.1, 0.15) is 0 Å². The molecular weight excluding hydrogens is 370 g/mol. The molecule has 1 amide bonds. The molecule has 4 rings (SSSR count). The van der Waals surface area contributed by atoms with E-state index in [0.717, 1.165) is 25.9 Å². The summed E-state index contributed by atoms with van der Waals surface area (Å²) in [4.78, 5) is 15.3. The van der Waals surface area contributed by atoms with Crippen LogP contribution in [0.5, 0.6) is 0 Å². The number of carbonyl (C=O) groups excluding carboxylic acids is 1. The van der Waals surface area contributed by atoms with E-state index in [9.17, 15) is 4.79 Å². The molecule has 0 spiro atoms. The van der Waals surface area contributed by atoms with E-state index in [1.54, 1.807) is 0 Å². The minimum Gasteiger partial charge on any atom is -0.353 e. The average molecular weight is 408 g/mol. The van der Waals surface area contributed by atoms with Gasteiger partial charge in [-0.1, -0.05) is 42.5 Å². The summed E-state index contributed by atoms with van der Waals surface area (Å²) in [6.45, 7) is 10.7. The van der Waals surface area contributed by atoms with Gasteiger partial charge in [-0.15, -0.1) is 0 Å². The lowest BCUT2D eigenvalue weighted by molar-refractivity contribution is -0.122. The molecule has 2 N–H and O–H groups in total. The number of fused-ring (bicyclic) bond motifs is 1. The molecule has 30 heavy (non-hydrogen) atoms. The second kappa shape index (κ2) is 8.32. The Balaban J connectivity index is 1.36. The van der Waals surface area contributed by atoms with Crippen molar-refractivity contribution in [1.82, 2.24) is 15.5 Å². The van der Waals surface area contributed by atoms with Gasteiger partial charge in [0.15, 0.2) is 0 Å². The third-order valence-corrected chi connectivity index (χ3v) is 6.50. The third kappa shape index (κ3) is 5.41. The fraction of sp³-hybridized carbons (Fsp3) is 0.577. The lowest BCUT2D eigenvalue weighted by Gasteiger charge is -2.46. The van der Waals surface area contributed by atoms with E-state index in [4.69, 9.17) is 0 Å². The molecule has 0 unspecified atom stereocenters. The predicted octanol–water partition coefficient (Wildman–Crippen LogP) is 4.62. The normalized spacial score (nSPS) is 21.1. The molecule has 0 aromatic heterocycles. The average Bonchev–Trinajstić information content (AvgIpc) is 3.47. The van der Waals surface area contributed by atoms with Gasteiger partial charge in [0.2, 0.25) is 5.91 Å². The summed E-state index contributed by atoms with van der Waals surface area (Å²) >= 11 is 0. The highest BCUT2D eigenvalue weighted by Crippen LogP contribution is 2.31. The summed E-state index contributed by atoms with van der Waals surface area (Å²) in [6, 6.07) is 16.0. The maximum atomic E-state index is 12.8. The molecule has 1 heterocycles. The highest BCUT2D eigenvalue weighted by molar-refractivity contribution is 5.85. The van der Waals surface area contributed by atoms with Crippen LogP contribution in [0.25, 0.3) is 10.8 Å². The minimum atomic E-state index is 0.0497. The number of hydrogen-bond acceptors (Lipinski definition) is 3. The van der Waals surface area contributed by atoms with Crippen LogP contribution in [0.2, 0.25) is 0 Å². The molecule has 2 fully saturated rings. The molecule has 2 aliphatic rings. The van der Waals surface area contributed by atoms with Gasteiger partial charge in [0.25, 0.3) is 0 Å². The van der Waals surface area contributed by atoms with Gasteiger partial charge in [0.05, 0.1) is 0 Å². The highest BCUT2D eigenvalue weighted by atomic mass is 16.1. The van der Waals surface area contributed by atoms with Crippen molar-refractivity contribution in [3.05, 3.63) is 48.0 Å². The third-order valence-electron chi connectivity index (χ3n) is 6.50. The Kier molecular flexibility index (Phi) is 5.91. The fourth-order valence-electron chi connectivity index (χ4n) is 5.45. The number of carbonyl (C=O) groups is 1. The molecular formula is C26H37N3O. The Hall–Kier alpha value is -1.91. The zero-order valence-corrected chi connectivity index (χ0v) is 19.0. The van der Waals surface area contributed by atoms with Gasteiger partial charge >= 0.3 is 0 Å². The monoisotopic (exact) mass is 407 g/mol. The van der Waals surface area contributed by atoms with Crippen LogP contribution in [-0.2, 0) is 11.3 Å². The van der Waals surface area contributed by atoms with Crippen molar-refractivity contribution >= 4 is 16.7 Å². The molecule has 1 aliphatic carbocycles. The zero-order valence-electron chi connectivity index (χ0n) is 19.0. The van der Waals surface area contributed by atoms with Gasteiger partial charge in [-0.25, -0.2) is 0 Å². The summed E-state index contributed by atoms with van der Waals surface area (Å²) in [5.41, 5.74) is 1.46. The zero-order chi connectivity index (χ0) is 21.4. The summed E-state index contributed by atoms with van der Waals surface area (Å²) in [6.07, 6.45) is 5.03. The number of nitrogens with zero attached hydrogens (tertiary/aromatic N) is 1. The van der Waals surface area contributed by atoms with Crippen molar-refractivity contribution in [1.29, 1.82) is 0 Å². The van der Waals surface area contributed by atoms with Gasteiger partial charge in [-0.3, -0.25) is 9.69 Å². The molecule has 0 atom stereocenters. The van der Waals surface area contributed by atoms with E-state index in [-0.39, 0.29) is 23.0 Å². The van der Waals surface area contributed by atoms with Crippen LogP contribution in [0.3, 0.4) is 0 Å². The van der Waals surface area contributed by atoms with Gasteiger partial charge in [0, 0.05) is 42.7 Å². The van der Waals surface area contributed by atoms with E-state index in [1.807, 2.05) is 0 Å². The quantitative estimate of drug-likeness (QED) is 0.704. The number of rotatable bonds is 7. The lowest BCUT2D eigenvalue weighted by Crippen LogP contribution is -2.62. The van der Waals surface area contributed by atoms with E-state index >= 15 is 0 Å². The first-order valence-electron chi connectivity index (χ1n) is 11.5. The van der Waals surface area contributed by atoms with Crippen molar-refractivity contribution < 1.29 is 4.79 Å². The maximum Gasteiger partial charge on any atom is 0.221 e. The predicted molar refractivity (Wildman–Crippen MR) is 124 cm³/mol. The van der Waals surface area contributed by atoms with Crippen molar-refractivity contribution in [3.63, 3.8) is 0 Å². The summed E-state index contributed by atoms with van der Waals surface area (Å²) in [5, 5.41) is 9.64. The number of nitrogens with one attached hydrogen (secondary N) is 2. The molecule has 0 radical (unpaired) electrons. The summed E-state index contributed by atoms with van der Waals surface area (Å²) < 4.78 is 0. The first kappa shape index (κ1) is 21.3. The number of benzene rings is 2. The van der Waals surface area contributed by atoms with Crippen molar-refractivity contribution in [2.75, 3.05) is 6.54 Å². The van der Waals surface area contributed by atoms with Crippen LogP contribution in [0.1, 0.15) is 65.4 Å². The number of amides is 1. The van der Waals surface area contributed by atoms with Crippen molar-refractivity contribution in [2.24, 2.45) is 0 Å². The topological polar surface area (TPSA) is 44.4 Å². The second-order valence-electron chi connectivity index (χ2n) is 10.7. The molecule has 162 valence electrons.